The van der Waals surface area contributed by atoms with Gasteiger partial charge in [-0.15, -0.1) is 11.3 Å². The number of anilines is 1. The number of hydrogen-bond acceptors (Lipinski definition) is 5. The van der Waals surface area contributed by atoms with Crippen molar-refractivity contribution in [2.24, 2.45) is 0 Å². The summed E-state index contributed by atoms with van der Waals surface area (Å²) in [6.07, 6.45) is 0. The van der Waals surface area contributed by atoms with Gasteiger partial charge in [-0.3, -0.25) is 4.72 Å². The molecule has 25 heavy (non-hydrogen) atoms. The number of nitrogens with zero attached hydrogens (tertiary/aromatic N) is 1. The molecular formula is C17H17ClN2O3S2. The lowest BCUT2D eigenvalue weighted by Gasteiger charge is -2.12. The molecule has 132 valence electrons. The fraction of sp³-hybridized carbons (Fsp3) is 0.235. The summed E-state index contributed by atoms with van der Waals surface area (Å²) in [6.45, 7) is 7.27. The summed E-state index contributed by atoms with van der Waals surface area (Å²) in [5.74, 6) is 0.447. The van der Waals surface area contributed by atoms with Gasteiger partial charge in [0.05, 0.1) is 16.9 Å². The SMILES string of the molecule is Cc1cc(-c2c(C)sc(C)c2S(=O)(=O)Nc2cc(Cl)ccc2C)on1. The molecule has 0 radical (unpaired) electrons. The molecule has 0 atom stereocenters. The predicted octanol–water partition coefficient (Wildman–Crippen LogP) is 5.09. The maximum absolute atomic E-state index is 13.1. The van der Waals surface area contributed by atoms with Gasteiger partial charge in [0.25, 0.3) is 10.0 Å². The smallest absolute Gasteiger partial charge is 0.263 e. The van der Waals surface area contributed by atoms with Crippen LogP contribution in [0.5, 0.6) is 0 Å². The minimum atomic E-state index is -3.82. The molecule has 0 unspecified atom stereocenters. The second kappa shape index (κ2) is 6.48. The average molecular weight is 397 g/mol. The highest BCUT2D eigenvalue weighted by Gasteiger charge is 2.28. The Hall–Kier alpha value is -1.83. The highest BCUT2D eigenvalue weighted by molar-refractivity contribution is 7.93. The molecular weight excluding hydrogens is 380 g/mol. The monoisotopic (exact) mass is 396 g/mol. The van der Waals surface area contributed by atoms with E-state index in [1.165, 1.54) is 11.3 Å². The lowest BCUT2D eigenvalue weighted by atomic mass is 10.2. The highest BCUT2D eigenvalue weighted by atomic mass is 35.5. The molecule has 0 saturated heterocycles. The van der Waals surface area contributed by atoms with Gasteiger partial charge in [0, 0.05) is 20.8 Å². The summed E-state index contributed by atoms with van der Waals surface area (Å²) >= 11 is 7.41. The first-order chi connectivity index (χ1) is 11.7. The van der Waals surface area contributed by atoms with Crippen molar-refractivity contribution >= 4 is 38.6 Å². The van der Waals surface area contributed by atoms with Crippen molar-refractivity contribution in [3.63, 3.8) is 0 Å². The number of benzene rings is 1. The zero-order valence-electron chi connectivity index (χ0n) is 14.2. The second-order valence-electron chi connectivity index (χ2n) is 5.82. The van der Waals surface area contributed by atoms with Gasteiger partial charge in [0.1, 0.15) is 4.90 Å². The van der Waals surface area contributed by atoms with Gasteiger partial charge in [-0.2, -0.15) is 0 Å². The van der Waals surface area contributed by atoms with Gasteiger partial charge in [0.15, 0.2) is 5.76 Å². The summed E-state index contributed by atoms with van der Waals surface area (Å²) < 4.78 is 34.1. The van der Waals surface area contributed by atoms with Gasteiger partial charge < -0.3 is 4.52 Å². The average Bonchev–Trinajstić information content (AvgIpc) is 3.05. The largest absolute Gasteiger partial charge is 0.356 e. The van der Waals surface area contributed by atoms with Crippen molar-refractivity contribution in [2.75, 3.05) is 4.72 Å². The molecule has 3 rings (SSSR count). The van der Waals surface area contributed by atoms with Gasteiger partial charge >= 0.3 is 0 Å². The van der Waals surface area contributed by atoms with E-state index in [-0.39, 0.29) is 4.90 Å². The number of rotatable bonds is 4. The van der Waals surface area contributed by atoms with Crippen molar-refractivity contribution in [3.05, 3.63) is 50.3 Å². The third-order valence-electron chi connectivity index (χ3n) is 3.79. The van der Waals surface area contributed by atoms with Crippen LogP contribution in [0.3, 0.4) is 0 Å². The van der Waals surface area contributed by atoms with Gasteiger partial charge in [-0.05, 0) is 45.4 Å². The topological polar surface area (TPSA) is 72.2 Å². The Bertz CT molecular complexity index is 1050. The third kappa shape index (κ3) is 3.44. The fourth-order valence-corrected chi connectivity index (χ4v) is 5.82. The molecule has 2 heterocycles. The van der Waals surface area contributed by atoms with Crippen molar-refractivity contribution in [3.8, 4) is 11.3 Å². The van der Waals surface area contributed by atoms with Crippen LogP contribution in [-0.2, 0) is 10.0 Å². The van der Waals surface area contributed by atoms with Crippen LogP contribution in [0, 0.1) is 27.7 Å². The molecule has 3 aromatic rings. The number of aromatic nitrogens is 1. The molecule has 0 aliphatic heterocycles. The van der Waals surface area contributed by atoms with Crippen LogP contribution in [0.15, 0.2) is 33.7 Å². The number of sulfonamides is 1. The zero-order chi connectivity index (χ0) is 18.4. The standard InChI is InChI=1S/C17H17ClN2O3S2/c1-9-5-6-13(18)8-14(9)20-25(21,22)17-12(4)24-11(3)16(17)15-7-10(2)19-23-15/h5-8,20H,1-4H3. The molecule has 0 fully saturated rings. The third-order valence-corrected chi connectivity index (χ3v) is 6.71. The highest BCUT2D eigenvalue weighted by Crippen LogP contribution is 2.40. The molecule has 5 nitrogen and oxygen atoms in total. The maximum atomic E-state index is 13.1. The van der Waals surface area contributed by atoms with Crippen LogP contribution in [0.1, 0.15) is 21.0 Å². The molecule has 1 N–H and O–H groups in total. The summed E-state index contributed by atoms with van der Waals surface area (Å²) in [5, 5.41) is 4.34. The Morgan fingerprint density at radius 1 is 1.12 bits per heavy atom. The number of nitrogens with one attached hydrogen (secondary N) is 1. The molecule has 1 aromatic carbocycles. The Balaban J connectivity index is 2.13. The van der Waals surface area contributed by atoms with Gasteiger partial charge in [-0.1, -0.05) is 22.8 Å². The van der Waals surface area contributed by atoms with Crippen molar-refractivity contribution in [2.45, 2.75) is 32.6 Å². The van der Waals surface area contributed by atoms with Crippen LogP contribution in [-0.4, -0.2) is 13.6 Å². The van der Waals surface area contributed by atoms with E-state index in [4.69, 9.17) is 16.1 Å². The molecule has 0 aliphatic rings. The Labute approximate surface area is 155 Å². The van der Waals surface area contributed by atoms with E-state index in [2.05, 4.69) is 9.88 Å². The predicted molar refractivity (Wildman–Crippen MR) is 101 cm³/mol. The van der Waals surface area contributed by atoms with Crippen LogP contribution >= 0.6 is 22.9 Å². The van der Waals surface area contributed by atoms with E-state index < -0.39 is 10.0 Å². The van der Waals surface area contributed by atoms with Gasteiger partial charge in [0.2, 0.25) is 0 Å². The summed E-state index contributed by atoms with van der Waals surface area (Å²) in [6, 6.07) is 6.82. The molecule has 0 bridgehead atoms. The van der Waals surface area contributed by atoms with Crippen LogP contribution in [0.25, 0.3) is 11.3 Å². The molecule has 2 aromatic heterocycles. The molecule has 0 aliphatic carbocycles. The quantitative estimate of drug-likeness (QED) is 0.666. The number of halogens is 1. The van der Waals surface area contributed by atoms with Gasteiger partial charge in [-0.25, -0.2) is 8.42 Å². The summed E-state index contributed by atoms with van der Waals surface area (Å²) in [5.41, 5.74) is 2.49. The van der Waals surface area contributed by atoms with E-state index >= 15 is 0 Å². The van der Waals surface area contributed by atoms with Crippen LogP contribution in [0.2, 0.25) is 5.02 Å². The zero-order valence-corrected chi connectivity index (χ0v) is 16.6. The van der Waals surface area contributed by atoms with E-state index in [0.717, 1.165) is 10.4 Å². The van der Waals surface area contributed by atoms with Crippen LogP contribution < -0.4 is 4.72 Å². The summed E-state index contributed by atoms with van der Waals surface area (Å²) in [4.78, 5) is 1.76. The Kier molecular flexibility index (Phi) is 4.66. The second-order valence-corrected chi connectivity index (χ2v) is 9.30. The number of aryl methyl sites for hydroxylation is 4. The van der Waals surface area contributed by atoms with E-state index in [1.807, 2.05) is 13.8 Å². The lowest BCUT2D eigenvalue weighted by molar-refractivity contribution is 0.426. The maximum Gasteiger partial charge on any atom is 0.263 e. The molecule has 8 heteroatoms. The molecule has 0 amide bonds. The minimum absolute atomic E-state index is 0.213. The first kappa shape index (κ1) is 18.0. The molecule has 0 spiro atoms. The van der Waals surface area contributed by atoms with E-state index in [1.54, 1.807) is 38.1 Å². The Morgan fingerprint density at radius 3 is 2.48 bits per heavy atom. The number of thiophene rings is 1. The fourth-order valence-electron chi connectivity index (χ4n) is 2.65. The first-order valence-corrected chi connectivity index (χ1v) is 10.2. The normalized spacial score (nSPS) is 11.7. The van der Waals surface area contributed by atoms with Crippen molar-refractivity contribution in [1.82, 2.24) is 5.16 Å². The van der Waals surface area contributed by atoms with Crippen molar-refractivity contribution < 1.29 is 12.9 Å². The first-order valence-electron chi connectivity index (χ1n) is 7.51. The number of hydrogen-bond donors (Lipinski definition) is 1. The molecule has 0 saturated carbocycles. The Morgan fingerprint density at radius 2 is 1.84 bits per heavy atom. The minimum Gasteiger partial charge on any atom is -0.356 e. The van der Waals surface area contributed by atoms with Crippen molar-refractivity contribution in [1.29, 1.82) is 0 Å². The van der Waals surface area contributed by atoms with Crippen LogP contribution in [0.4, 0.5) is 5.69 Å². The van der Waals surface area contributed by atoms with E-state index in [9.17, 15) is 8.42 Å². The lowest BCUT2D eigenvalue weighted by Crippen LogP contribution is -2.15. The summed E-state index contributed by atoms with van der Waals surface area (Å²) in [7, 11) is -3.82. The van der Waals surface area contributed by atoms with E-state index in [0.29, 0.717) is 32.6 Å².